The van der Waals surface area contributed by atoms with Gasteiger partial charge in [0, 0.05) is 10.6 Å². The third kappa shape index (κ3) is 4.71. The molecule has 35 heavy (non-hydrogen) atoms. The Bertz CT molecular complexity index is 1560. The van der Waals surface area contributed by atoms with Crippen molar-refractivity contribution in [3.05, 3.63) is 75.6 Å². The Balaban J connectivity index is 1.63. The molecule has 0 spiro atoms. The van der Waals surface area contributed by atoms with Crippen LogP contribution in [-0.4, -0.2) is 39.3 Å². The number of carbonyl (C=O) groups is 1. The third-order valence-electron chi connectivity index (χ3n) is 5.22. The minimum Gasteiger partial charge on any atom is -0.494 e. The highest BCUT2D eigenvalue weighted by molar-refractivity contribution is 6.31. The maximum absolute atomic E-state index is 12.8. The van der Waals surface area contributed by atoms with Crippen molar-refractivity contribution in [2.75, 3.05) is 19.5 Å². The molecule has 10 nitrogen and oxygen atoms in total. The average molecular weight is 492 g/mol. The van der Waals surface area contributed by atoms with E-state index in [1.807, 2.05) is 6.07 Å². The summed E-state index contributed by atoms with van der Waals surface area (Å²) in [7, 11) is 1.34. The standard InChI is InChI=1S/C24H18ClN5O5/c1-34-22-18(24(32)33)6-13(7-19(22)27)16-8-14(25)2-3-21(16)35-5-4-30-12-29-20-11-28-15(10-26)9-17(20)23(30)31/h2-3,6-9,11-12H,4-5,27H2,1H3,(H,32,33). The predicted molar refractivity (Wildman–Crippen MR) is 129 cm³/mol. The molecule has 4 aromatic rings. The number of hydrogen-bond donors (Lipinski definition) is 2. The van der Waals surface area contributed by atoms with Crippen LogP contribution in [0.25, 0.3) is 22.0 Å². The van der Waals surface area contributed by atoms with Gasteiger partial charge in [-0.1, -0.05) is 11.6 Å². The van der Waals surface area contributed by atoms with Gasteiger partial charge < -0.3 is 20.3 Å². The topological polar surface area (TPSA) is 153 Å². The Morgan fingerprint density at radius 3 is 2.77 bits per heavy atom. The maximum Gasteiger partial charge on any atom is 0.339 e. The second-order valence-corrected chi connectivity index (χ2v) is 7.82. The van der Waals surface area contributed by atoms with Gasteiger partial charge in [-0.25, -0.2) is 14.8 Å². The first kappa shape index (κ1) is 23.5. The summed E-state index contributed by atoms with van der Waals surface area (Å²) < 4.78 is 12.4. The molecule has 0 saturated heterocycles. The summed E-state index contributed by atoms with van der Waals surface area (Å²) >= 11 is 6.19. The van der Waals surface area contributed by atoms with Crippen LogP contribution in [0, 0.1) is 11.3 Å². The van der Waals surface area contributed by atoms with E-state index in [0.29, 0.717) is 27.4 Å². The first-order valence-electron chi connectivity index (χ1n) is 10.2. The molecular formula is C24H18ClN5O5. The van der Waals surface area contributed by atoms with Crippen LogP contribution in [-0.2, 0) is 6.54 Å². The number of nitriles is 1. The average Bonchev–Trinajstić information content (AvgIpc) is 2.85. The molecule has 0 radical (unpaired) electrons. The van der Waals surface area contributed by atoms with Gasteiger partial charge in [-0.2, -0.15) is 5.26 Å². The zero-order chi connectivity index (χ0) is 25.1. The summed E-state index contributed by atoms with van der Waals surface area (Å²) in [4.78, 5) is 32.6. The van der Waals surface area contributed by atoms with Crippen LogP contribution in [0.2, 0.25) is 5.02 Å². The molecule has 4 rings (SSSR count). The van der Waals surface area contributed by atoms with Crippen molar-refractivity contribution in [2.24, 2.45) is 0 Å². The largest absolute Gasteiger partial charge is 0.494 e. The molecule has 0 aliphatic rings. The quantitative estimate of drug-likeness (QED) is 0.370. The van der Waals surface area contributed by atoms with Crippen molar-refractivity contribution in [1.82, 2.24) is 14.5 Å². The number of aromatic nitrogens is 3. The van der Waals surface area contributed by atoms with Crippen molar-refractivity contribution < 1.29 is 19.4 Å². The van der Waals surface area contributed by atoms with Crippen LogP contribution in [0.5, 0.6) is 11.5 Å². The van der Waals surface area contributed by atoms with Gasteiger partial charge in [0.15, 0.2) is 5.75 Å². The van der Waals surface area contributed by atoms with Crippen molar-refractivity contribution in [1.29, 1.82) is 5.26 Å². The van der Waals surface area contributed by atoms with Gasteiger partial charge >= 0.3 is 5.97 Å². The Morgan fingerprint density at radius 2 is 2.06 bits per heavy atom. The maximum atomic E-state index is 12.8. The smallest absolute Gasteiger partial charge is 0.339 e. The first-order valence-corrected chi connectivity index (χ1v) is 10.6. The molecule has 3 N–H and O–H groups in total. The molecule has 0 atom stereocenters. The van der Waals surface area contributed by atoms with Gasteiger partial charge in [0.05, 0.1) is 42.8 Å². The Labute approximate surface area is 203 Å². The highest BCUT2D eigenvalue weighted by atomic mass is 35.5. The normalized spacial score (nSPS) is 10.7. The van der Waals surface area contributed by atoms with E-state index in [0.717, 1.165) is 0 Å². The predicted octanol–water partition coefficient (Wildman–Crippen LogP) is 3.35. The lowest BCUT2D eigenvalue weighted by atomic mass is 10.00. The number of carboxylic acids is 1. The second-order valence-electron chi connectivity index (χ2n) is 7.38. The number of pyridine rings is 1. The summed E-state index contributed by atoms with van der Waals surface area (Å²) in [6, 6.07) is 11.2. The second kappa shape index (κ2) is 9.70. The van der Waals surface area contributed by atoms with Crippen LogP contribution < -0.4 is 20.8 Å². The van der Waals surface area contributed by atoms with E-state index in [1.165, 1.54) is 36.3 Å². The van der Waals surface area contributed by atoms with Crippen molar-refractivity contribution in [3.63, 3.8) is 0 Å². The molecule has 0 bridgehead atoms. The number of ether oxygens (including phenoxy) is 2. The molecule has 0 saturated carbocycles. The SMILES string of the molecule is COc1c(N)cc(-c2cc(Cl)ccc2OCCn2cnc3cnc(C#N)cc3c2=O)cc1C(=O)O. The number of rotatable bonds is 7. The molecule has 2 heterocycles. The number of anilines is 1. The monoisotopic (exact) mass is 491 g/mol. The van der Waals surface area contributed by atoms with Gasteiger partial charge in [-0.3, -0.25) is 9.36 Å². The third-order valence-corrected chi connectivity index (χ3v) is 5.45. The molecule has 0 aliphatic carbocycles. The first-order chi connectivity index (χ1) is 16.8. The van der Waals surface area contributed by atoms with Gasteiger partial charge in [0.1, 0.15) is 29.7 Å². The van der Waals surface area contributed by atoms with Crippen LogP contribution in [0.15, 0.2) is 53.7 Å². The fourth-order valence-corrected chi connectivity index (χ4v) is 3.75. The number of carboxylic acid groups (broad SMARTS) is 1. The molecular weight excluding hydrogens is 474 g/mol. The Kier molecular flexibility index (Phi) is 6.53. The van der Waals surface area contributed by atoms with E-state index in [2.05, 4.69) is 9.97 Å². The lowest BCUT2D eigenvalue weighted by Crippen LogP contribution is -2.23. The molecule has 2 aromatic carbocycles. The number of nitrogen functional groups attached to an aromatic ring is 1. The number of benzene rings is 2. The number of halogens is 1. The highest BCUT2D eigenvalue weighted by Crippen LogP contribution is 2.38. The van der Waals surface area contributed by atoms with Gasteiger partial charge in [0.2, 0.25) is 0 Å². The minimum absolute atomic E-state index is 0.0590. The van der Waals surface area contributed by atoms with Crippen LogP contribution >= 0.6 is 11.6 Å². The van der Waals surface area contributed by atoms with Crippen LogP contribution in [0.3, 0.4) is 0 Å². The molecule has 0 fully saturated rings. The molecule has 2 aromatic heterocycles. The van der Waals surface area contributed by atoms with E-state index >= 15 is 0 Å². The summed E-state index contributed by atoms with van der Waals surface area (Å²) in [5, 5.41) is 19.3. The number of hydrogen-bond acceptors (Lipinski definition) is 8. The molecule has 176 valence electrons. The summed E-state index contributed by atoms with van der Waals surface area (Å²) in [6.45, 7) is 0.258. The van der Waals surface area contributed by atoms with Gasteiger partial charge in [-0.05, 0) is 42.0 Å². The van der Waals surface area contributed by atoms with E-state index < -0.39 is 5.97 Å². The van der Waals surface area contributed by atoms with Gasteiger partial charge in [-0.15, -0.1) is 0 Å². The van der Waals surface area contributed by atoms with Crippen molar-refractivity contribution in [3.8, 4) is 28.7 Å². The minimum atomic E-state index is -1.20. The summed E-state index contributed by atoms with van der Waals surface area (Å²) in [5.74, 6) is -0.727. The zero-order valence-electron chi connectivity index (χ0n) is 18.4. The summed E-state index contributed by atoms with van der Waals surface area (Å²) in [5.41, 5.74) is 7.23. The Hall–Kier alpha value is -4.62. The summed E-state index contributed by atoms with van der Waals surface area (Å²) in [6.07, 6.45) is 2.76. The van der Waals surface area contributed by atoms with E-state index in [9.17, 15) is 14.7 Å². The van der Waals surface area contributed by atoms with E-state index in [4.69, 9.17) is 32.1 Å². The van der Waals surface area contributed by atoms with Crippen molar-refractivity contribution in [2.45, 2.75) is 6.54 Å². The van der Waals surface area contributed by atoms with Gasteiger partial charge in [0.25, 0.3) is 5.56 Å². The lowest BCUT2D eigenvalue weighted by Gasteiger charge is -2.15. The molecule has 0 aliphatic heterocycles. The van der Waals surface area contributed by atoms with Crippen molar-refractivity contribution >= 4 is 34.2 Å². The zero-order valence-corrected chi connectivity index (χ0v) is 19.1. The molecule has 11 heteroatoms. The fraction of sp³-hybridized carbons (Fsp3) is 0.125. The van der Waals surface area contributed by atoms with E-state index in [-0.39, 0.29) is 46.8 Å². The number of fused-ring (bicyclic) bond motifs is 1. The Morgan fingerprint density at radius 1 is 1.26 bits per heavy atom. The number of nitrogens with zero attached hydrogens (tertiary/aromatic N) is 4. The van der Waals surface area contributed by atoms with Crippen LogP contribution in [0.1, 0.15) is 16.1 Å². The molecule has 0 amide bonds. The number of aromatic carboxylic acids is 1. The number of methoxy groups -OCH3 is 1. The fourth-order valence-electron chi connectivity index (χ4n) is 3.58. The highest BCUT2D eigenvalue weighted by Gasteiger charge is 2.18. The number of nitrogens with two attached hydrogens (primary N) is 1. The lowest BCUT2D eigenvalue weighted by molar-refractivity contribution is 0.0693. The van der Waals surface area contributed by atoms with Crippen LogP contribution in [0.4, 0.5) is 5.69 Å². The molecule has 0 unspecified atom stereocenters. The van der Waals surface area contributed by atoms with E-state index in [1.54, 1.807) is 24.3 Å².